The molecule has 0 heterocycles. The summed E-state index contributed by atoms with van der Waals surface area (Å²) >= 11 is 0. The monoisotopic (exact) mass is 485 g/mol. The van der Waals surface area contributed by atoms with Gasteiger partial charge in [-0.1, -0.05) is 30.4 Å². The molecular formula is C24H30F3NO4S. The molecule has 0 saturated heterocycles. The van der Waals surface area contributed by atoms with Crippen LogP contribution >= 0.6 is 0 Å². The van der Waals surface area contributed by atoms with Gasteiger partial charge < -0.3 is 5.11 Å². The highest BCUT2D eigenvalue weighted by molar-refractivity contribution is 7.89. The zero-order valence-electron chi connectivity index (χ0n) is 18.4. The first-order valence-corrected chi connectivity index (χ1v) is 13.0. The van der Waals surface area contributed by atoms with Crippen molar-refractivity contribution < 1.29 is 31.5 Å². The van der Waals surface area contributed by atoms with Crippen LogP contribution in [0.15, 0.2) is 47.7 Å². The van der Waals surface area contributed by atoms with Crippen molar-refractivity contribution in [2.45, 2.75) is 64.0 Å². The number of rotatable bonds is 11. The Hall–Kier alpha value is -2.29. The molecule has 182 valence electrons. The Labute approximate surface area is 192 Å². The Morgan fingerprint density at radius 3 is 2.48 bits per heavy atom. The molecule has 0 spiro atoms. The van der Waals surface area contributed by atoms with Gasteiger partial charge in [0.25, 0.3) is 0 Å². The predicted octanol–water partition coefficient (Wildman–Crippen LogP) is 5.44. The molecule has 2 bridgehead atoms. The van der Waals surface area contributed by atoms with Crippen LogP contribution in [-0.4, -0.2) is 25.2 Å². The zero-order chi connectivity index (χ0) is 24.1. The van der Waals surface area contributed by atoms with Gasteiger partial charge in [-0.25, -0.2) is 8.42 Å². The molecule has 0 aromatic heterocycles. The summed E-state index contributed by atoms with van der Waals surface area (Å²) in [5.41, 5.74) is 1.40. The highest BCUT2D eigenvalue weighted by Gasteiger charge is 2.36. The maximum absolute atomic E-state index is 12.9. The third-order valence-electron chi connectivity index (χ3n) is 6.42. The number of carbonyl (C=O) groups is 1. The van der Waals surface area contributed by atoms with Crippen molar-refractivity contribution >= 4 is 16.0 Å². The Kier molecular flexibility index (Phi) is 8.26. The van der Waals surface area contributed by atoms with Crippen molar-refractivity contribution in [3.05, 3.63) is 58.8 Å². The first-order valence-electron chi connectivity index (χ1n) is 11.3. The molecule has 0 radical (unpaired) electrons. The van der Waals surface area contributed by atoms with Crippen molar-refractivity contribution in [2.24, 2.45) is 11.8 Å². The molecule has 2 N–H and O–H groups in total. The van der Waals surface area contributed by atoms with E-state index in [1.165, 1.54) is 12.1 Å². The largest absolute Gasteiger partial charge is 0.481 e. The third kappa shape index (κ3) is 7.35. The van der Waals surface area contributed by atoms with Gasteiger partial charge >= 0.3 is 12.1 Å². The average molecular weight is 486 g/mol. The van der Waals surface area contributed by atoms with Gasteiger partial charge in [-0.15, -0.1) is 0 Å². The Morgan fingerprint density at radius 1 is 1.12 bits per heavy atom. The van der Waals surface area contributed by atoms with Crippen LogP contribution in [0.3, 0.4) is 0 Å². The Balaban J connectivity index is 1.66. The number of fused-ring (bicyclic) bond motifs is 2. The molecule has 1 aromatic carbocycles. The summed E-state index contributed by atoms with van der Waals surface area (Å²) in [4.78, 5) is 10.6. The number of alkyl halides is 3. The van der Waals surface area contributed by atoms with E-state index in [1.807, 2.05) is 12.2 Å². The van der Waals surface area contributed by atoms with Gasteiger partial charge in [0.05, 0.1) is 11.3 Å². The third-order valence-corrected chi connectivity index (χ3v) is 7.69. The minimum atomic E-state index is -4.46. The van der Waals surface area contributed by atoms with E-state index >= 15 is 0 Å². The van der Waals surface area contributed by atoms with E-state index in [-0.39, 0.29) is 24.5 Å². The van der Waals surface area contributed by atoms with Gasteiger partial charge in [0.1, 0.15) is 0 Å². The number of halogens is 3. The number of aliphatic carboxylic acids is 1. The summed E-state index contributed by atoms with van der Waals surface area (Å²) in [6, 6.07) is 4.77. The van der Waals surface area contributed by atoms with Crippen LogP contribution in [0.4, 0.5) is 13.2 Å². The number of hydrogen-bond donors (Lipinski definition) is 2. The van der Waals surface area contributed by atoms with Crippen LogP contribution in [0.2, 0.25) is 0 Å². The maximum Gasteiger partial charge on any atom is 0.416 e. The molecule has 5 nitrogen and oxygen atoms in total. The molecule has 0 amide bonds. The van der Waals surface area contributed by atoms with Gasteiger partial charge in [0.2, 0.25) is 10.0 Å². The van der Waals surface area contributed by atoms with Crippen LogP contribution in [0.5, 0.6) is 0 Å². The van der Waals surface area contributed by atoms with Crippen molar-refractivity contribution in [2.75, 3.05) is 5.75 Å². The fourth-order valence-corrected chi connectivity index (χ4v) is 5.95. The van der Waals surface area contributed by atoms with Crippen LogP contribution in [0.1, 0.15) is 62.5 Å². The van der Waals surface area contributed by atoms with Crippen molar-refractivity contribution in [3.8, 4) is 0 Å². The van der Waals surface area contributed by atoms with E-state index < -0.39 is 27.7 Å². The van der Waals surface area contributed by atoms with Gasteiger partial charge in [-0.05, 0) is 80.4 Å². The molecule has 3 aliphatic carbocycles. The van der Waals surface area contributed by atoms with Crippen LogP contribution in [0, 0.1) is 11.8 Å². The highest BCUT2D eigenvalue weighted by atomic mass is 32.2. The summed E-state index contributed by atoms with van der Waals surface area (Å²) in [5.74, 6) is -0.612. The molecule has 9 heteroatoms. The second-order valence-corrected chi connectivity index (χ2v) is 10.7. The normalized spacial score (nSPS) is 21.1. The van der Waals surface area contributed by atoms with E-state index in [1.54, 1.807) is 0 Å². The molecule has 0 atom stereocenters. The first-order chi connectivity index (χ1) is 15.5. The number of allylic oxidation sites excluding steroid dienone is 4. The molecule has 33 heavy (non-hydrogen) atoms. The van der Waals surface area contributed by atoms with Crippen LogP contribution in [-0.2, 0) is 27.4 Å². The predicted molar refractivity (Wildman–Crippen MR) is 120 cm³/mol. The summed E-state index contributed by atoms with van der Waals surface area (Å²) in [6.45, 7) is 0. The number of hydrogen-bond acceptors (Lipinski definition) is 3. The molecule has 1 fully saturated rings. The molecule has 1 saturated carbocycles. The van der Waals surface area contributed by atoms with Crippen LogP contribution in [0.25, 0.3) is 0 Å². The number of carboxylic acid groups (broad SMARTS) is 1. The second kappa shape index (κ2) is 10.8. The average Bonchev–Trinajstić information content (AvgIpc) is 2.76. The molecular weight excluding hydrogens is 455 g/mol. The summed E-state index contributed by atoms with van der Waals surface area (Å²) in [6.07, 6.45) is 5.35. The van der Waals surface area contributed by atoms with E-state index in [0.717, 1.165) is 49.1 Å². The topological polar surface area (TPSA) is 83.5 Å². The lowest BCUT2D eigenvalue weighted by molar-refractivity contribution is -0.138. The SMILES string of the molecule is O=C(O)CCCC=CCC1=C(NS(=O)(=O)CCc2cccc(C(F)(F)F)c2)C2CCC1CC2. The maximum atomic E-state index is 12.9. The van der Waals surface area contributed by atoms with E-state index in [0.29, 0.717) is 30.7 Å². The van der Waals surface area contributed by atoms with Gasteiger partial charge in [-0.2, -0.15) is 13.2 Å². The van der Waals surface area contributed by atoms with Gasteiger partial charge in [0, 0.05) is 12.1 Å². The second-order valence-electron chi connectivity index (χ2n) is 8.82. The number of unbranched alkanes of at least 4 members (excludes halogenated alkanes) is 1. The first kappa shape index (κ1) is 25.3. The Bertz CT molecular complexity index is 1010. The summed E-state index contributed by atoms with van der Waals surface area (Å²) < 4.78 is 67.2. The fourth-order valence-electron chi connectivity index (χ4n) is 4.71. The molecule has 0 unspecified atom stereocenters. The highest BCUT2D eigenvalue weighted by Crippen LogP contribution is 2.45. The lowest BCUT2D eigenvalue weighted by Crippen LogP contribution is -2.37. The van der Waals surface area contributed by atoms with E-state index in [4.69, 9.17) is 5.11 Å². The molecule has 0 aliphatic heterocycles. The minimum Gasteiger partial charge on any atom is -0.481 e. The van der Waals surface area contributed by atoms with E-state index in [9.17, 15) is 26.4 Å². The number of nitrogens with one attached hydrogen (secondary N) is 1. The quantitative estimate of drug-likeness (QED) is 0.323. The molecule has 4 rings (SSSR count). The van der Waals surface area contributed by atoms with Gasteiger partial charge in [-0.3, -0.25) is 9.52 Å². The van der Waals surface area contributed by atoms with Gasteiger partial charge in [0.15, 0.2) is 0 Å². The Morgan fingerprint density at radius 2 is 1.82 bits per heavy atom. The van der Waals surface area contributed by atoms with Crippen molar-refractivity contribution in [1.29, 1.82) is 0 Å². The number of carboxylic acids is 1. The minimum absolute atomic E-state index is 0.000554. The lowest BCUT2D eigenvalue weighted by Gasteiger charge is -2.40. The molecule has 3 aliphatic rings. The molecule has 1 aromatic rings. The standard InChI is InChI=1S/C24H30F3NO4S/c25-24(26,27)20-7-5-6-17(16-20)14-15-33(31,32)28-23-19-12-10-18(11-13-19)21(23)8-3-1-2-4-9-22(29)30/h1,3,5-7,16,18-19,28H,2,4,8-15H2,(H,29,30). The summed E-state index contributed by atoms with van der Waals surface area (Å²) in [5, 5.41) is 8.71. The van der Waals surface area contributed by atoms with Crippen LogP contribution < -0.4 is 4.72 Å². The van der Waals surface area contributed by atoms with Crippen molar-refractivity contribution in [1.82, 2.24) is 4.72 Å². The summed E-state index contributed by atoms with van der Waals surface area (Å²) in [7, 11) is -3.71. The fraction of sp³-hybridized carbons (Fsp3) is 0.542. The smallest absolute Gasteiger partial charge is 0.416 e. The number of sulfonamides is 1. The number of benzene rings is 1. The van der Waals surface area contributed by atoms with Crippen molar-refractivity contribution in [3.63, 3.8) is 0 Å². The lowest BCUT2D eigenvalue weighted by atomic mass is 9.69. The zero-order valence-corrected chi connectivity index (χ0v) is 19.2. The number of aryl methyl sites for hydroxylation is 1. The van der Waals surface area contributed by atoms with E-state index in [2.05, 4.69) is 4.72 Å².